The number of sulfone groups is 1. The lowest BCUT2D eigenvalue weighted by atomic mass is 10.0. The first kappa shape index (κ1) is 17.5. The van der Waals surface area contributed by atoms with E-state index in [4.69, 9.17) is 0 Å². The maximum atomic E-state index is 12.3. The average molecular weight is 328 g/mol. The number of hydrogen-bond donors (Lipinski definition) is 1. The van der Waals surface area contributed by atoms with Crippen molar-refractivity contribution in [3.05, 3.63) is 11.6 Å². The monoisotopic (exact) mass is 328 g/mol. The van der Waals surface area contributed by atoms with E-state index in [1.807, 2.05) is 0 Å². The van der Waals surface area contributed by atoms with Gasteiger partial charge in [0, 0.05) is 37.5 Å². The molecular formula is C16H28N2O3S. The van der Waals surface area contributed by atoms with Crippen LogP contribution in [0.1, 0.15) is 44.9 Å². The van der Waals surface area contributed by atoms with Gasteiger partial charge in [-0.05, 0) is 38.5 Å². The summed E-state index contributed by atoms with van der Waals surface area (Å²) in [6.07, 6.45) is 10.6. The first-order valence-corrected chi connectivity index (χ1v) is 10.4. The molecule has 1 amide bonds. The van der Waals surface area contributed by atoms with Gasteiger partial charge in [-0.3, -0.25) is 4.79 Å². The van der Waals surface area contributed by atoms with E-state index in [0.717, 1.165) is 50.8 Å². The number of rotatable bonds is 5. The second-order valence-corrected chi connectivity index (χ2v) is 8.81. The van der Waals surface area contributed by atoms with Crippen LogP contribution in [-0.4, -0.2) is 56.9 Å². The molecule has 22 heavy (non-hydrogen) atoms. The quantitative estimate of drug-likeness (QED) is 0.830. The Kier molecular flexibility index (Phi) is 6.44. The zero-order chi connectivity index (χ0) is 16.0. The molecule has 0 aromatic rings. The third kappa shape index (κ3) is 6.08. The minimum atomic E-state index is -2.89. The maximum absolute atomic E-state index is 12.3. The van der Waals surface area contributed by atoms with Crippen LogP contribution in [0.25, 0.3) is 0 Å². The molecule has 0 aromatic heterocycles. The molecule has 1 N–H and O–H groups in total. The predicted molar refractivity (Wildman–Crippen MR) is 88.5 cm³/mol. The molecule has 6 heteroatoms. The lowest BCUT2D eigenvalue weighted by Crippen LogP contribution is -2.46. The fourth-order valence-electron chi connectivity index (χ4n) is 3.10. The van der Waals surface area contributed by atoms with Crippen LogP contribution in [0, 0.1) is 0 Å². The molecule has 0 radical (unpaired) electrons. The number of likely N-dealkylation sites (tertiary alicyclic amines) is 1. The van der Waals surface area contributed by atoms with Gasteiger partial charge in [-0.2, -0.15) is 0 Å². The summed E-state index contributed by atoms with van der Waals surface area (Å²) in [7, 11) is -2.89. The minimum Gasteiger partial charge on any atom is -0.349 e. The zero-order valence-corrected chi connectivity index (χ0v) is 14.3. The van der Waals surface area contributed by atoms with Crippen LogP contribution in [0.2, 0.25) is 0 Å². The molecule has 1 saturated heterocycles. The summed E-state index contributed by atoms with van der Waals surface area (Å²) < 4.78 is 22.4. The summed E-state index contributed by atoms with van der Waals surface area (Å²) in [6.45, 7) is 2.32. The van der Waals surface area contributed by atoms with E-state index < -0.39 is 9.84 Å². The second kappa shape index (κ2) is 8.11. The van der Waals surface area contributed by atoms with Crippen molar-refractivity contribution in [2.75, 3.05) is 31.6 Å². The first-order valence-electron chi connectivity index (χ1n) is 8.34. The third-order valence-corrected chi connectivity index (χ3v) is 5.46. The van der Waals surface area contributed by atoms with Crippen LogP contribution in [0.4, 0.5) is 0 Å². The Balaban J connectivity index is 1.72. The number of nitrogens with one attached hydrogen (secondary N) is 1. The fourth-order valence-corrected chi connectivity index (χ4v) is 3.68. The summed E-state index contributed by atoms with van der Waals surface area (Å²) in [5.41, 5.74) is 0.956. The molecule has 1 aliphatic heterocycles. The van der Waals surface area contributed by atoms with Crippen LogP contribution < -0.4 is 5.32 Å². The Bertz CT molecular complexity index is 505. The van der Waals surface area contributed by atoms with Gasteiger partial charge in [0.25, 0.3) is 0 Å². The van der Waals surface area contributed by atoms with Gasteiger partial charge in [0.1, 0.15) is 9.84 Å². The Morgan fingerprint density at radius 3 is 2.68 bits per heavy atom. The first-order chi connectivity index (χ1) is 10.4. The summed E-state index contributed by atoms with van der Waals surface area (Å²) in [5, 5.41) is 3.16. The van der Waals surface area contributed by atoms with Crippen LogP contribution in [0.3, 0.4) is 0 Å². The standard InChI is InChI=1S/C16H28N2O3S/c1-22(20,21)13-12-18-10-8-15(9-11-18)17-16(19)14-6-4-2-3-5-7-14/h6,15H,2-5,7-13H2,1H3,(H,17,19). The maximum Gasteiger partial charge on any atom is 0.247 e. The number of hydrogen-bond acceptors (Lipinski definition) is 4. The molecule has 0 unspecified atom stereocenters. The number of allylic oxidation sites excluding steroid dienone is 1. The molecule has 0 bridgehead atoms. The van der Waals surface area contributed by atoms with Crippen molar-refractivity contribution in [2.45, 2.75) is 51.0 Å². The highest BCUT2D eigenvalue weighted by Gasteiger charge is 2.22. The Morgan fingerprint density at radius 2 is 2.00 bits per heavy atom. The van der Waals surface area contributed by atoms with Gasteiger partial charge in [-0.25, -0.2) is 8.42 Å². The van der Waals surface area contributed by atoms with Crippen LogP contribution in [-0.2, 0) is 14.6 Å². The van der Waals surface area contributed by atoms with Crippen molar-refractivity contribution in [2.24, 2.45) is 0 Å². The van der Waals surface area contributed by atoms with E-state index in [1.165, 1.54) is 19.1 Å². The van der Waals surface area contributed by atoms with Crippen molar-refractivity contribution in [3.8, 4) is 0 Å². The highest BCUT2D eigenvalue weighted by Crippen LogP contribution is 2.18. The molecule has 0 saturated carbocycles. The third-order valence-electron chi connectivity index (χ3n) is 4.53. The van der Waals surface area contributed by atoms with Crippen molar-refractivity contribution in [1.82, 2.24) is 10.2 Å². The number of amides is 1. The lowest BCUT2D eigenvalue weighted by molar-refractivity contribution is -0.118. The predicted octanol–water partition coefficient (Wildman–Crippen LogP) is 1.50. The van der Waals surface area contributed by atoms with E-state index in [1.54, 1.807) is 0 Å². The lowest BCUT2D eigenvalue weighted by Gasteiger charge is -2.32. The SMILES string of the molecule is CS(=O)(=O)CCN1CCC(NC(=O)C2=CCCCCC2)CC1. The highest BCUT2D eigenvalue weighted by molar-refractivity contribution is 7.90. The molecule has 2 rings (SSSR count). The van der Waals surface area contributed by atoms with Crippen molar-refractivity contribution in [1.29, 1.82) is 0 Å². The average Bonchev–Trinajstić information content (AvgIpc) is 2.75. The van der Waals surface area contributed by atoms with Gasteiger partial charge in [0.2, 0.25) is 5.91 Å². The highest BCUT2D eigenvalue weighted by atomic mass is 32.2. The normalized spacial score (nSPS) is 22.0. The van der Waals surface area contributed by atoms with E-state index >= 15 is 0 Å². The van der Waals surface area contributed by atoms with Gasteiger partial charge in [-0.15, -0.1) is 0 Å². The molecule has 1 heterocycles. The smallest absolute Gasteiger partial charge is 0.247 e. The molecule has 1 aliphatic carbocycles. The van der Waals surface area contributed by atoms with Crippen LogP contribution in [0.5, 0.6) is 0 Å². The Morgan fingerprint density at radius 1 is 1.27 bits per heavy atom. The van der Waals surface area contributed by atoms with Gasteiger partial charge in [0.05, 0.1) is 5.75 Å². The molecule has 0 spiro atoms. The second-order valence-electron chi connectivity index (χ2n) is 6.55. The van der Waals surface area contributed by atoms with Gasteiger partial charge in [-0.1, -0.05) is 12.5 Å². The number of piperidine rings is 1. The number of carbonyl (C=O) groups excluding carboxylic acids is 1. The molecule has 2 aliphatic rings. The zero-order valence-electron chi connectivity index (χ0n) is 13.5. The molecule has 126 valence electrons. The molecular weight excluding hydrogens is 300 g/mol. The van der Waals surface area contributed by atoms with Gasteiger partial charge >= 0.3 is 0 Å². The molecule has 5 nitrogen and oxygen atoms in total. The van der Waals surface area contributed by atoms with Crippen LogP contribution >= 0.6 is 0 Å². The van der Waals surface area contributed by atoms with Crippen LogP contribution in [0.15, 0.2) is 11.6 Å². The molecule has 1 fully saturated rings. The van der Waals surface area contributed by atoms with Gasteiger partial charge < -0.3 is 10.2 Å². The topological polar surface area (TPSA) is 66.5 Å². The minimum absolute atomic E-state index is 0.108. The summed E-state index contributed by atoms with van der Waals surface area (Å²) in [6, 6.07) is 0.228. The molecule has 0 aromatic carbocycles. The fraction of sp³-hybridized carbons (Fsp3) is 0.812. The van der Waals surface area contributed by atoms with Crippen molar-refractivity contribution >= 4 is 15.7 Å². The number of nitrogens with zero attached hydrogens (tertiary/aromatic N) is 1. The Hall–Kier alpha value is -0.880. The summed E-state index contributed by atoms with van der Waals surface area (Å²) in [4.78, 5) is 14.5. The van der Waals surface area contributed by atoms with E-state index in [-0.39, 0.29) is 17.7 Å². The van der Waals surface area contributed by atoms with Gasteiger partial charge in [0.15, 0.2) is 0 Å². The summed E-state index contributed by atoms with van der Waals surface area (Å²) >= 11 is 0. The largest absolute Gasteiger partial charge is 0.349 e. The summed E-state index contributed by atoms with van der Waals surface area (Å²) in [5.74, 6) is 0.327. The van der Waals surface area contributed by atoms with Crippen molar-refractivity contribution in [3.63, 3.8) is 0 Å². The van der Waals surface area contributed by atoms with E-state index in [2.05, 4.69) is 16.3 Å². The van der Waals surface area contributed by atoms with E-state index in [9.17, 15) is 13.2 Å². The van der Waals surface area contributed by atoms with E-state index in [0.29, 0.717) is 6.54 Å². The number of carbonyl (C=O) groups is 1. The Labute approximate surface area is 134 Å². The van der Waals surface area contributed by atoms with Crippen molar-refractivity contribution < 1.29 is 13.2 Å². The molecule has 0 atom stereocenters.